The number of halogens is 1. The van der Waals surface area contributed by atoms with E-state index in [1.165, 1.54) is 11.1 Å². The molecule has 4 heteroatoms. The van der Waals surface area contributed by atoms with Gasteiger partial charge >= 0.3 is 5.97 Å². The summed E-state index contributed by atoms with van der Waals surface area (Å²) in [6, 6.07) is 16.6. The Balaban J connectivity index is 0.00000243. The first kappa shape index (κ1) is 20.5. The van der Waals surface area contributed by atoms with Gasteiger partial charge in [0.05, 0.1) is 0 Å². The van der Waals surface area contributed by atoms with Crippen LogP contribution in [0.3, 0.4) is 0 Å². The number of fused-ring (bicyclic) bond motifs is 2. The number of hydrogen-bond acceptors (Lipinski definition) is 3. The van der Waals surface area contributed by atoms with Crippen LogP contribution in [-0.4, -0.2) is 37.1 Å². The van der Waals surface area contributed by atoms with Crippen molar-refractivity contribution in [2.75, 3.05) is 26.2 Å². The van der Waals surface area contributed by atoms with E-state index >= 15 is 0 Å². The van der Waals surface area contributed by atoms with Gasteiger partial charge in [-0.15, -0.1) is 12.4 Å². The topological polar surface area (TPSA) is 29.5 Å². The third kappa shape index (κ3) is 4.46. The van der Waals surface area contributed by atoms with E-state index in [1.54, 1.807) is 0 Å². The highest BCUT2D eigenvalue weighted by Gasteiger charge is 2.30. The number of ether oxygens (including phenoxy) is 1. The second-order valence-corrected chi connectivity index (χ2v) is 6.53. The summed E-state index contributed by atoms with van der Waals surface area (Å²) >= 11 is 0. The molecule has 1 aliphatic carbocycles. The first-order chi connectivity index (χ1) is 12.2. The van der Waals surface area contributed by atoms with Gasteiger partial charge in [0, 0.05) is 6.54 Å². The van der Waals surface area contributed by atoms with Crippen LogP contribution in [0.5, 0.6) is 0 Å². The molecule has 0 aliphatic heterocycles. The van der Waals surface area contributed by atoms with Crippen molar-refractivity contribution in [3.8, 4) is 0 Å². The molecule has 3 nitrogen and oxygen atoms in total. The van der Waals surface area contributed by atoms with Crippen LogP contribution in [0, 0.1) is 0 Å². The molecule has 1 aliphatic rings. The maximum absolute atomic E-state index is 13.0. The van der Waals surface area contributed by atoms with Crippen LogP contribution in [-0.2, 0) is 22.4 Å². The Labute approximate surface area is 162 Å². The highest BCUT2D eigenvalue weighted by atomic mass is 35.5. The molecule has 0 unspecified atom stereocenters. The van der Waals surface area contributed by atoms with Gasteiger partial charge < -0.3 is 9.64 Å². The molecule has 26 heavy (non-hydrogen) atoms. The Kier molecular flexibility index (Phi) is 7.67. The quantitative estimate of drug-likeness (QED) is 0.710. The summed E-state index contributed by atoms with van der Waals surface area (Å²) in [4.78, 5) is 15.3. The molecule has 0 fully saturated rings. The van der Waals surface area contributed by atoms with E-state index in [9.17, 15) is 4.79 Å². The fourth-order valence-corrected chi connectivity index (χ4v) is 3.68. The van der Waals surface area contributed by atoms with Gasteiger partial charge in [-0.1, -0.05) is 62.4 Å². The summed E-state index contributed by atoms with van der Waals surface area (Å²) in [5.74, 6) is -0.444. The first-order valence-electron chi connectivity index (χ1n) is 9.29. The third-order valence-electron chi connectivity index (χ3n) is 5.18. The molecule has 0 amide bonds. The summed E-state index contributed by atoms with van der Waals surface area (Å²) in [5, 5.41) is 0. The molecule has 0 saturated heterocycles. The third-order valence-corrected chi connectivity index (χ3v) is 5.18. The average Bonchev–Trinajstić information content (AvgIpc) is 2.82. The molecule has 0 saturated carbocycles. The lowest BCUT2D eigenvalue weighted by atomic mass is 9.88. The van der Waals surface area contributed by atoms with Crippen molar-refractivity contribution in [1.82, 2.24) is 4.90 Å². The highest BCUT2D eigenvalue weighted by molar-refractivity contribution is 5.85. The summed E-state index contributed by atoms with van der Waals surface area (Å²) < 4.78 is 5.70. The van der Waals surface area contributed by atoms with E-state index in [1.807, 2.05) is 12.1 Å². The lowest BCUT2D eigenvalue weighted by Crippen LogP contribution is -2.29. The van der Waals surface area contributed by atoms with Crippen LogP contribution in [0.1, 0.15) is 42.0 Å². The van der Waals surface area contributed by atoms with Gasteiger partial charge in [0.2, 0.25) is 0 Å². The molecule has 3 rings (SSSR count). The molecule has 0 N–H and O–H groups in total. The molecule has 0 aromatic heterocycles. The highest BCUT2D eigenvalue weighted by Crippen LogP contribution is 2.35. The van der Waals surface area contributed by atoms with Crippen LogP contribution >= 0.6 is 12.4 Å². The molecular weight excluding hydrogens is 346 g/mol. The predicted octanol–water partition coefficient (Wildman–Crippen LogP) is 4.22. The molecule has 0 atom stereocenters. The van der Waals surface area contributed by atoms with Crippen LogP contribution in [0.2, 0.25) is 0 Å². The molecular formula is C22H28ClNO2. The first-order valence-corrected chi connectivity index (χ1v) is 9.29. The number of rotatable bonds is 6. The summed E-state index contributed by atoms with van der Waals surface area (Å²) in [7, 11) is 0. The van der Waals surface area contributed by atoms with Gasteiger partial charge in [0.15, 0.2) is 0 Å². The maximum Gasteiger partial charge on any atom is 0.317 e. The monoisotopic (exact) mass is 373 g/mol. The second-order valence-electron chi connectivity index (χ2n) is 6.53. The van der Waals surface area contributed by atoms with Crippen molar-refractivity contribution in [2.24, 2.45) is 0 Å². The molecule has 0 radical (unpaired) electrons. The van der Waals surface area contributed by atoms with Crippen molar-refractivity contribution < 1.29 is 9.53 Å². The molecule has 140 valence electrons. The number of aryl methyl sites for hydroxylation is 2. The zero-order valence-electron chi connectivity index (χ0n) is 15.6. The van der Waals surface area contributed by atoms with Crippen molar-refractivity contribution in [1.29, 1.82) is 0 Å². The van der Waals surface area contributed by atoms with E-state index in [4.69, 9.17) is 4.74 Å². The Hall–Kier alpha value is -1.84. The number of carbonyl (C=O) groups is 1. The van der Waals surface area contributed by atoms with Crippen LogP contribution in [0.15, 0.2) is 48.5 Å². The molecule has 2 aromatic carbocycles. The smallest absolute Gasteiger partial charge is 0.317 e. The number of hydrogen-bond donors (Lipinski definition) is 0. The lowest BCUT2D eigenvalue weighted by Gasteiger charge is -2.21. The lowest BCUT2D eigenvalue weighted by molar-refractivity contribution is -0.144. The fraction of sp³-hybridized carbons (Fsp3) is 0.409. The number of likely N-dealkylation sites (N-methyl/N-ethyl adjacent to an activating group) is 1. The van der Waals surface area contributed by atoms with Gasteiger partial charge in [-0.05, 0) is 48.2 Å². The van der Waals surface area contributed by atoms with Crippen molar-refractivity contribution in [3.05, 3.63) is 70.8 Å². The minimum Gasteiger partial charge on any atom is -0.464 e. The largest absolute Gasteiger partial charge is 0.464 e. The Bertz CT molecular complexity index is 680. The number of nitrogens with zero attached hydrogens (tertiary/aromatic N) is 1. The number of benzene rings is 2. The Morgan fingerprint density at radius 2 is 1.46 bits per heavy atom. The van der Waals surface area contributed by atoms with E-state index in [2.05, 4.69) is 55.1 Å². The average molecular weight is 374 g/mol. The van der Waals surface area contributed by atoms with Gasteiger partial charge in [-0.25, -0.2) is 0 Å². The van der Waals surface area contributed by atoms with Crippen molar-refractivity contribution in [2.45, 2.75) is 32.6 Å². The fourth-order valence-electron chi connectivity index (χ4n) is 3.68. The van der Waals surface area contributed by atoms with Gasteiger partial charge in [-0.2, -0.15) is 0 Å². The van der Waals surface area contributed by atoms with Gasteiger partial charge in [0.25, 0.3) is 0 Å². The van der Waals surface area contributed by atoms with Crippen molar-refractivity contribution >= 4 is 18.4 Å². The second kappa shape index (κ2) is 9.75. The minimum atomic E-state index is -0.313. The zero-order valence-corrected chi connectivity index (χ0v) is 16.4. The van der Waals surface area contributed by atoms with E-state index in [-0.39, 0.29) is 24.3 Å². The normalized spacial score (nSPS) is 13.3. The molecule has 0 spiro atoms. The summed E-state index contributed by atoms with van der Waals surface area (Å²) in [6.07, 6.45) is 1.94. The van der Waals surface area contributed by atoms with E-state index in [0.717, 1.165) is 43.6 Å². The van der Waals surface area contributed by atoms with E-state index < -0.39 is 0 Å². The number of carbonyl (C=O) groups excluding carboxylic acids is 1. The van der Waals surface area contributed by atoms with E-state index in [0.29, 0.717) is 6.61 Å². The van der Waals surface area contributed by atoms with Gasteiger partial charge in [0.1, 0.15) is 12.5 Å². The Morgan fingerprint density at radius 1 is 0.962 bits per heavy atom. The summed E-state index contributed by atoms with van der Waals surface area (Å²) in [6.45, 7) is 7.44. The standard InChI is InChI=1S/C22H27NO2.ClH/c1-3-23(4-2)15-16-25-22(24)21-19-11-7-5-9-17(19)13-14-18-10-6-8-12-20(18)21;/h5-12,21H,3-4,13-16H2,1-2H3;1H. The van der Waals surface area contributed by atoms with Gasteiger partial charge in [-0.3, -0.25) is 4.79 Å². The number of esters is 1. The van der Waals surface area contributed by atoms with Crippen LogP contribution in [0.4, 0.5) is 0 Å². The molecule has 2 aromatic rings. The molecule has 0 bridgehead atoms. The van der Waals surface area contributed by atoms with Crippen LogP contribution < -0.4 is 0 Å². The summed E-state index contributed by atoms with van der Waals surface area (Å²) in [5.41, 5.74) is 4.70. The van der Waals surface area contributed by atoms with Crippen molar-refractivity contribution in [3.63, 3.8) is 0 Å². The van der Waals surface area contributed by atoms with Crippen LogP contribution in [0.25, 0.3) is 0 Å². The Morgan fingerprint density at radius 3 is 1.96 bits per heavy atom. The predicted molar refractivity (Wildman–Crippen MR) is 108 cm³/mol. The maximum atomic E-state index is 13.0. The minimum absolute atomic E-state index is 0. The zero-order chi connectivity index (χ0) is 17.6. The SMILES string of the molecule is CCN(CC)CCOC(=O)C1c2ccccc2CCc2ccccc21.Cl. The molecule has 0 heterocycles.